The lowest BCUT2D eigenvalue weighted by molar-refractivity contribution is 0.0439. The number of carbonyl (C=O) groups excluding carboxylic acids is 2. The maximum Gasteiger partial charge on any atom is 0.404 e. The van der Waals surface area contributed by atoms with E-state index in [1.54, 1.807) is 18.9 Å². The van der Waals surface area contributed by atoms with E-state index >= 15 is 0 Å². The molecule has 7 heteroatoms. The Morgan fingerprint density at radius 3 is 2.71 bits per heavy atom. The predicted octanol–water partition coefficient (Wildman–Crippen LogP) is 3.27. The van der Waals surface area contributed by atoms with E-state index in [2.05, 4.69) is 17.7 Å². The van der Waals surface area contributed by atoms with Crippen molar-refractivity contribution in [1.82, 2.24) is 9.47 Å². The zero-order chi connectivity index (χ0) is 22.1. The van der Waals surface area contributed by atoms with Gasteiger partial charge in [-0.1, -0.05) is 0 Å². The summed E-state index contributed by atoms with van der Waals surface area (Å²) in [6.07, 6.45) is 4.43. The quantitative estimate of drug-likeness (QED) is 0.793. The van der Waals surface area contributed by atoms with Crippen LogP contribution in [0.4, 0.5) is 4.79 Å². The summed E-state index contributed by atoms with van der Waals surface area (Å²) < 4.78 is 12.8. The van der Waals surface area contributed by atoms with E-state index in [0.29, 0.717) is 18.0 Å². The minimum absolute atomic E-state index is 0.0868. The average Bonchev–Trinajstić information content (AvgIpc) is 3.04. The highest BCUT2D eigenvalue weighted by atomic mass is 16.6. The molecule has 2 unspecified atom stereocenters. The van der Waals surface area contributed by atoms with Crippen LogP contribution in [0.25, 0.3) is 10.9 Å². The Bertz CT molecular complexity index is 977. The summed E-state index contributed by atoms with van der Waals surface area (Å²) >= 11 is 0. The first kappa shape index (κ1) is 21.7. The number of nitrogens with two attached hydrogens (primary N) is 1. The summed E-state index contributed by atoms with van der Waals surface area (Å²) in [6, 6.07) is 5.99. The lowest BCUT2D eigenvalue weighted by atomic mass is 9.75. The topological polar surface area (TPSA) is 86.8 Å². The van der Waals surface area contributed by atoms with Crippen molar-refractivity contribution in [2.24, 2.45) is 24.6 Å². The third-order valence-electron chi connectivity index (χ3n) is 7.03. The predicted molar refractivity (Wildman–Crippen MR) is 119 cm³/mol. The van der Waals surface area contributed by atoms with Crippen molar-refractivity contribution in [2.75, 3.05) is 26.8 Å². The summed E-state index contributed by atoms with van der Waals surface area (Å²) in [6.45, 7) is 3.78. The molecule has 1 aliphatic heterocycles. The molecule has 2 atom stereocenters. The van der Waals surface area contributed by atoms with Crippen molar-refractivity contribution in [3.63, 3.8) is 0 Å². The molecule has 1 aromatic heterocycles. The monoisotopic (exact) mass is 427 g/mol. The number of hydrogen-bond acceptors (Lipinski definition) is 4. The molecule has 31 heavy (non-hydrogen) atoms. The number of nitrogens with zero attached hydrogens (tertiary/aromatic N) is 2. The molecule has 0 bridgehead atoms. The lowest BCUT2D eigenvalue weighted by Gasteiger charge is -2.33. The minimum atomic E-state index is -0.829. The third-order valence-corrected chi connectivity index (χ3v) is 7.03. The number of rotatable bonds is 5. The first-order valence-corrected chi connectivity index (χ1v) is 11.2. The van der Waals surface area contributed by atoms with Crippen molar-refractivity contribution in [3.05, 3.63) is 35.0 Å². The van der Waals surface area contributed by atoms with Crippen molar-refractivity contribution < 1.29 is 19.1 Å². The molecule has 0 radical (unpaired) electrons. The molecular weight excluding hydrogens is 394 g/mol. The van der Waals surface area contributed by atoms with Crippen LogP contribution in [-0.2, 0) is 29.4 Å². The Balaban J connectivity index is 1.57. The van der Waals surface area contributed by atoms with E-state index < -0.39 is 12.2 Å². The second-order valence-corrected chi connectivity index (χ2v) is 9.10. The molecule has 2 amide bonds. The molecule has 7 nitrogen and oxygen atoms in total. The van der Waals surface area contributed by atoms with Crippen LogP contribution in [0.2, 0.25) is 0 Å². The first-order chi connectivity index (χ1) is 14.8. The zero-order valence-corrected chi connectivity index (χ0v) is 18.7. The fourth-order valence-electron chi connectivity index (χ4n) is 5.45. The van der Waals surface area contributed by atoms with Gasteiger partial charge in [-0.05, 0) is 74.6 Å². The number of ether oxygens (including phenoxy) is 2. The summed E-state index contributed by atoms with van der Waals surface area (Å²) in [5.41, 5.74) is 9.72. The number of hydrogen-bond donors (Lipinski definition) is 1. The smallest absolute Gasteiger partial charge is 0.404 e. The van der Waals surface area contributed by atoms with Gasteiger partial charge in [0.05, 0.1) is 6.54 Å². The second-order valence-electron chi connectivity index (χ2n) is 9.10. The zero-order valence-electron chi connectivity index (χ0n) is 18.7. The van der Waals surface area contributed by atoms with Gasteiger partial charge in [0.25, 0.3) is 5.91 Å². The van der Waals surface area contributed by atoms with Crippen LogP contribution in [0.1, 0.15) is 47.8 Å². The fraction of sp³-hybridized carbons (Fsp3) is 0.583. The largest absolute Gasteiger partial charge is 0.445 e. The van der Waals surface area contributed by atoms with Crippen LogP contribution in [0.15, 0.2) is 18.2 Å². The van der Waals surface area contributed by atoms with E-state index in [4.69, 9.17) is 15.2 Å². The van der Waals surface area contributed by atoms with Crippen LogP contribution in [0, 0.1) is 11.8 Å². The number of benzene rings is 1. The van der Waals surface area contributed by atoms with Crippen LogP contribution < -0.4 is 5.73 Å². The number of aryl methyl sites for hydroxylation is 1. The molecule has 4 rings (SSSR count). The number of aromatic nitrogens is 1. The van der Waals surface area contributed by atoms with Crippen molar-refractivity contribution in [1.29, 1.82) is 0 Å². The van der Waals surface area contributed by atoms with Crippen LogP contribution in [-0.4, -0.2) is 54.4 Å². The summed E-state index contributed by atoms with van der Waals surface area (Å²) in [5, 5.41) is 1.19. The maximum atomic E-state index is 13.0. The van der Waals surface area contributed by atoms with Crippen LogP contribution in [0.5, 0.6) is 0 Å². The van der Waals surface area contributed by atoms with Gasteiger partial charge in [0.2, 0.25) is 0 Å². The van der Waals surface area contributed by atoms with E-state index in [9.17, 15) is 9.59 Å². The maximum absolute atomic E-state index is 13.0. The Hall–Kier alpha value is -2.54. The Labute approximate surface area is 183 Å². The number of carbonyl (C=O) groups is 2. The molecule has 2 aromatic rings. The number of fused-ring (bicyclic) bond motifs is 3. The number of likely N-dealkylation sites (N-methyl/N-ethyl adjacent to an activating group) is 1. The van der Waals surface area contributed by atoms with Gasteiger partial charge in [0, 0.05) is 49.5 Å². The van der Waals surface area contributed by atoms with E-state index in [1.165, 1.54) is 28.6 Å². The van der Waals surface area contributed by atoms with Crippen molar-refractivity contribution in [3.8, 4) is 0 Å². The summed E-state index contributed by atoms with van der Waals surface area (Å²) in [7, 11) is 3.85. The SMILES string of the molecule is CC(CN(C)C(=O)c1ccc2c(c1)c1c(n2C)CCC(C2CCOCC2)C1)OC(N)=O. The van der Waals surface area contributed by atoms with Gasteiger partial charge in [-0.15, -0.1) is 0 Å². The molecule has 2 heterocycles. The highest BCUT2D eigenvalue weighted by Gasteiger charge is 2.31. The highest BCUT2D eigenvalue weighted by Crippen LogP contribution is 2.39. The van der Waals surface area contributed by atoms with E-state index in [0.717, 1.165) is 44.8 Å². The van der Waals surface area contributed by atoms with Crippen LogP contribution in [0.3, 0.4) is 0 Å². The van der Waals surface area contributed by atoms with Crippen molar-refractivity contribution in [2.45, 2.75) is 45.1 Å². The lowest BCUT2D eigenvalue weighted by Crippen LogP contribution is -2.36. The number of amides is 2. The Morgan fingerprint density at radius 2 is 2.00 bits per heavy atom. The normalized spacial score (nSPS) is 20.3. The van der Waals surface area contributed by atoms with Gasteiger partial charge in [-0.25, -0.2) is 4.79 Å². The first-order valence-electron chi connectivity index (χ1n) is 11.2. The van der Waals surface area contributed by atoms with Crippen LogP contribution >= 0.6 is 0 Å². The van der Waals surface area contributed by atoms with Gasteiger partial charge in [-0.2, -0.15) is 0 Å². The second kappa shape index (κ2) is 8.91. The van der Waals surface area contributed by atoms with Gasteiger partial charge in [-0.3, -0.25) is 4.79 Å². The highest BCUT2D eigenvalue weighted by molar-refractivity contribution is 5.99. The molecule has 1 saturated heterocycles. The van der Waals surface area contributed by atoms with Gasteiger partial charge in [0.1, 0.15) is 6.10 Å². The Morgan fingerprint density at radius 1 is 1.26 bits per heavy atom. The molecule has 1 fully saturated rings. The van der Waals surface area contributed by atoms with E-state index in [-0.39, 0.29) is 5.91 Å². The van der Waals surface area contributed by atoms with Gasteiger partial charge >= 0.3 is 6.09 Å². The third kappa shape index (κ3) is 4.42. The minimum Gasteiger partial charge on any atom is -0.445 e. The van der Waals surface area contributed by atoms with E-state index in [1.807, 2.05) is 12.1 Å². The summed E-state index contributed by atoms with van der Waals surface area (Å²) in [5.74, 6) is 1.34. The molecule has 168 valence electrons. The average molecular weight is 428 g/mol. The van der Waals surface area contributed by atoms with Crippen molar-refractivity contribution >= 4 is 22.9 Å². The molecule has 2 aliphatic rings. The molecule has 0 spiro atoms. The molecule has 2 N–H and O–H groups in total. The Kier molecular flexibility index (Phi) is 6.23. The van der Waals surface area contributed by atoms with Gasteiger partial charge < -0.3 is 24.7 Å². The molecular formula is C24H33N3O4. The fourth-order valence-corrected chi connectivity index (χ4v) is 5.45. The molecule has 1 aliphatic carbocycles. The molecule has 1 aromatic carbocycles. The standard InChI is InChI=1S/C24H33N3O4/c1-15(31-24(25)29)14-26(2)23(28)18-5-7-22-20(13-18)19-12-17(4-6-21(19)27(22)3)16-8-10-30-11-9-16/h5,7,13,15-17H,4,6,8-12,14H2,1-3H3,(H2,25,29). The summed E-state index contributed by atoms with van der Waals surface area (Å²) in [4.78, 5) is 25.6. The molecule has 0 saturated carbocycles. The van der Waals surface area contributed by atoms with Gasteiger partial charge in [0.15, 0.2) is 0 Å². The number of primary amides is 1.